The van der Waals surface area contributed by atoms with E-state index < -0.39 is 17.9 Å². The van der Waals surface area contributed by atoms with Crippen molar-refractivity contribution in [2.75, 3.05) is 0 Å². The number of carboxylic acid groups (broad SMARTS) is 1. The Morgan fingerprint density at radius 3 is 2.25 bits per heavy atom. The summed E-state index contributed by atoms with van der Waals surface area (Å²) in [5.41, 5.74) is 0. The highest BCUT2D eigenvalue weighted by molar-refractivity contribution is 5.78. The van der Waals surface area contributed by atoms with Crippen molar-refractivity contribution < 1.29 is 19.7 Å². The van der Waals surface area contributed by atoms with Crippen molar-refractivity contribution in [1.29, 1.82) is 0 Å². The Bertz CT molecular complexity index is 132. The van der Waals surface area contributed by atoms with Crippen LogP contribution >= 0.6 is 0 Å². The number of aliphatic carboxylic acids is 1. The number of rotatable bonds is 1. The molecule has 0 radical (unpaired) electrons. The number of hydrogen-bond acceptors (Lipinski definition) is 3. The van der Waals surface area contributed by atoms with Gasteiger partial charge in [0, 0.05) is 0 Å². The van der Waals surface area contributed by atoms with Gasteiger partial charge in [0.05, 0.1) is 0 Å². The maximum Gasteiger partial charge on any atom is 0.367 e. The number of carbonyl (C=O) groups is 1. The molecule has 1 heterocycles. The summed E-state index contributed by atoms with van der Waals surface area (Å²) < 4.78 is 4.32. The Balaban J connectivity index is 2.60. The summed E-state index contributed by atoms with van der Waals surface area (Å²) >= 11 is 0. The predicted octanol–water partition coefficient (Wildman–Crippen LogP) is -0.822. The van der Waals surface area contributed by atoms with Crippen LogP contribution in [0.2, 0.25) is 0 Å². The zero-order valence-corrected chi connectivity index (χ0v) is 4.29. The van der Waals surface area contributed by atoms with Crippen LogP contribution in [0.5, 0.6) is 0 Å². The summed E-state index contributed by atoms with van der Waals surface area (Å²) in [5.74, 6) is -3.19. The van der Waals surface area contributed by atoms with Gasteiger partial charge in [-0.2, -0.15) is 0 Å². The molecule has 0 bridgehead atoms. The molecule has 0 saturated carbocycles. The Morgan fingerprint density at radius 2 is 2.25 bits per heavy atom. The van der Waals surface area contributed by atoms with Gasteiger partial charge in [0.15, 0.2) is 0 Å². The van der Waals surface area contributed by atoms with Crippen molar-refractivity contribution in [3.8, 4) is 0 Å². The van der Waals surface area contributed by atoms with Crippen LogP contribution in [0.4, 0.5) is 0 Å². The van der Waals surface area contributed by atoms with E-state index in [2.05, 4.69) is 4.74 Å². The van der Waals surface area contributed by atoms with E-state index in [9.17, 15) is 4.79 Å². The molecule has 0 aromatic carbocycles. The summed E-state index contributed by atoms with van der Waals surface area (Å²) in [4.78, 5) is 9.92. The molecule has 0 aromatic rings. The average molecular weight is 118 g/mol. The molecule has 4 nitrogen and oxygen atoms in total. The van der Waals surface area contributed by atoms with Crippen molar-refractivity contribution in [2.24, 2.45) is 0 Å². The Morgan fingerprint density at radius 1 is 1.88 bits per heavy atom. The molecule has 2 N–H and O–H groups in total. The van der Waals surface area contributed by atoms with Crippen LogP contribution in [0.1, 0.15) is 6.92 Å². The van der Waals surface area contributed by atoms with E-state index in [1.165, 1.54) is 6.92 Å². The standard InChI is InChI=1S/C4H6O4/c1-2-4(7,8-2)3(5)6/h2,7H,1H3,(H,5,6). The first kappa shape index (κ1) is 5.53. The van der Waals surface area contributed by atoms with E-state index in [1.807, 2.05) is 0 Å². The molecule has 0 aromatic heterocycles. The van der Waals surface area contributed by atoms with E-state index in [1.54, 1.807) is 0 Å². The third kappa shape index (κ3) is 0.502. The number of hydrogen-bond donors (Lipinski definition) is 2. The van der Waals surface area contributed by atoms with Crippen LogP contribution in [0.15, 0.2) is 0 Å². The van der Waals surface area contributed by atoms with Gasteiger partial charge in [-0.3, -0.25) is 0 Å². The van der Waals surface area contributed by atoms with Gasteiger partial charge < -0.3 is 14.9 Å². The normalized spacial score (nSPS) is 44.0. The van der Waals surface area contributed by atoms with Crippen molar-refractivity contribution in [2.45, 2.75) is 18.8 Å². The van der Waals surface area contributed by atoms with E-state index >= 15 is 0 Å². The maximum absolute atomic E-state index is 9.92. The lowest BCUT2D eigenvalue weighted by Crippen LogP contribution is -2.25. The highest BCUT2D eigenvalue weighted by Gasteiger charge is 2.59. The van der Waals surface area contributed by atoms with E-state index in [-0.39, 0.29) is 0 Å². The van der Waals surface area contributed by atoms with E-state index in [4.69, 9.17) is 10.2 Å². The zero-order valence-electron chi connectivity index (χ0n) is 4.29. The second kappa shape index (κ2) is 1.21. The van der Waals surface area contributed by atoms with Gasteiger partial charge in [0.2, 0.25) is 0 Å². The molecule has 2 unspecified atom stereocenters. The molecule has 1 fully saturated rings. The molecule has 1 saturated heterocycles. The number of ether oxygens (including phenoxy) is 1. The highest BCUT2D eigenvalue weighted by atomic mass is 16.8. The minimum atomic E-state index is -1.88. The van der Waals surface area contributed by atoms with Crippen LogP contribution in [-0.2, 0) is 9.53 Å². The lowest BCUT2D eigenvalue weighted by atomic mass is 10.3. The Kier molecular flexibility index (Phi) is 0.835. The summed E-state index contributed by atoms with van der Waals surface area (Å²) in [6.45, 7) is 1.49. The third-order valence-corrected chi connectivity index (χ3v) is 1.16. The minimum absolute atomic E-state index is 0.556. The average Bonchev–Trinajstić information content (AvgIpc) is 2.17. The zero-order chi connectivity index (χ0) is 6.36. The highest BCUT2D eigenvalue weighted by Crippen LogP contribution is 2.32. The summed E-state index contributed by atoms with van der Waals surface area (Å²) in [6.07, 6.45) is -0.556. The van der Waals surface area contributed by atoms with E-state index in [0.717, 1.165) is 0 Å². The van der Waals surface area contributed by atoms with Crippen LogP contribution in [0.3, 0.4) is 0 Å². The maximum atomic E-state index is 9.92. The van der Waals surface area contributed by atoms with Crippen molar-refractivity contribution in [3.63, 3.8) is 0 Å². The Hall–Kier alpha value is -0.610. The van der Waals surface area contributed by atoms with Crippen LogP contribution in [0, 0.1) is 0 Å². The second-order valence-electron chi connectivity index (χ2n) is 1.76. The minimum Gasteiger partial charge on any atom is -0.477 e. The molecule has 1 rings (SSSR count). The van der Waals surface area contributed by atoms with Crippen molar-refractivity contribution in [1.82, 2.24) is 0 Å². The molecule has 2 atom stereocenters. The van der Waals surface area contributed by atoms with Gasteiger partial charge in [0.1, 0.15) is 6.10 Å². The first-order valence-corrected chi connectivity index (χ1v) is 2.21. The fourth-order valence-electron chi connectivity index (χ4n) is 0.460. The summed E-state index contributed by atoms with van der Waals surface area (Å²) in [7, 11) is 0. The molecule has 0 aliphatic carbocycles. The van der Waals surface area contributed by atoms with Crippen molar-refractivity contribution >= 4 is 5.97 Å². The molecular weight excluding hydrogens is 112 g/mol. The quantitative estimate of drug-likeness (QED) is 0.441. The molecule has 1 aliphatic heterocycles. The van der Waals surface area contributed by atoms with Crippen LogP contribution in [0.25, 0.3) is 0 Å². The first-order valence-electron chi connectivity index (χ1n) is 2.21. The molecular formula is C4H6O4. The third-order valence-electron chi connectivity index (χ3n) is 1.16. The fraction of sp³-hybridized carbons (Fsp3) is 0.750. The lowest BCUT2D eigenvalue weighted by Gasteiger charge is -1.91. The Labute approximate surface area is 45.7 Å². The lowest BCUT2D eigenvalue weighted by molar-refractivity contribution is -0.157. The van der Waals surface area contributed by atoms with Gasteiger partial charge in [0.25, 0.3) is 5.79 Å². The molecule has 8 heavy (non-hydrogen) atoms. The van der Waals surface area contributed by atoms with Crippen LogP contribution < -0.4 is 0 Å². The second-order valence-corrected chi connectivity index (χ2v) is 1.76. The molecule has 0 amide bonds. The van der Waals surface area contributed by atoms with Gasteiger partial charge in [-0.15, -0.1) is 0 Å². The summed E-state index contributed by atoms with van der Waals surface area (Å²) in [6, 6.07) is 0. The smallest absolute Gasteiger partial charge is 0.367 e. The van der Waals surface area contributed by atoms with Crippen molar-refractivity contribution in [3.05, 3.63) is 0 Å². The SMILES string of the molecule is CC1OC1(O)C(=O)O. The van der Waals surface area contributed by atoms with Gasteiger partial charge in [-0.25, -0.2) is 4.79 Å². The summed E-state index contributed by atoms with van der Waals surface area (Å²) in [5, 5.41) is 16.8. The van der Waals surface area contributed by atoms with Crippen LogP contribution in [-0.4, -0.2) is 28.1 Å². The molecule has 46 valence electrons. The molecule has 4 heteroatoms. The number of carboxylic acids is 1. The molecule has 0 spiro atoms. The van der Waals surface area contributed by atoms with E-state index in [0.29, 0.717) is 0 Å². The van der Waals surface area contributed by atoms with Gasteiger partial charge >= 0.3 is 5.97 Å². The first-order chi connectivity index (χ1) is 3.57. The fourth-order valence-corrected chi connectivity index (χ4v) is 0.460. The number of aliphatic hydroxyl groups is 1. The van der Waals surface area contributed by atoms with Gasteiger partial charge in [-0.1, -0.05) is 0 Å². The molecule has 1 aliphatic rings. The largest absolute Gasteiger partial charge is 0.477 e. The predicted molar refractivity (Wildman–Crippen MR) is 23.1 cm³/mol. The van der Waals surface area contributed by atoms with Gasteiger partial charge in [-0.05, 0) is 6.92 Å². The number of epoxide rings is 1. The monoisotopic (exact) mass is 118 g/mol. The topological polar surface area (TPSA) is 70.1 Å².